The van der Waals surface area contributed by atoms with Gasteiger partial charge < -0.3 is 14.2 Å². The average molecular weight is 431 g/mol. The zero-order chi connectivity index (χ0) is 21.4. The molecule has 1 aliphatic heterocycles. The van der Waals surface area contributed by atoms with Crippen molar-refractivity contribution in [1.29, 1.82) is 0 Å². The maximum Gasteiger partial charge on any atom is 0.263 e. The zero-order valence-corrected chi connectivity index (χ0v) is 20.1. The number of aromatic nitrogens is 2. The number of amides is 1. The van der Waals surface area contributed by atoms with Crippen LogP contribution in [-0.2, 0) is 0 Å². The van der Waals surface area contributed by atoms with Gasteiger partial charge in [-0.25, -0.2) is 9.97 Å². The number of nitrogens with zero attached hydrogens (tertiary/aromatic N) is 4. The molecule has 156 valence electrons. The van der Waals surface area contributed by atoms with Crippen molar-refractivity contribution in [2.24, 2.45) is 0 Å². The van der Waals surface area contributed by atoms with Crippen LogP contribution in [0.15, 0.2) is 35.6 Å². The summed E-state index contributed by atoms with van der Waals surface area (Å²) >= 11 is 1.47. The fourth-order valence-electron chi connectivity index (χ4n) is 2.91. The Morgan fingerprint density at radius 3 is 2.59 bits per heavy atom. The lowest BCUT2D eigenvalue weighted by Crippen LogP contribution is -2.43. The fourth-order valence-corrected chi connectivity index (χ4v) is 4.27. The highest BCUT2D eigenvalue weighted by Gasteiger charge is 2.39. The molecule has 0 N–H and O–H groups in total. The number of thioether (sulfide) groups is 1. The van der Waals surface area contributed by atoms with Crippen molar-refractivity contribution in [2.45, 2.75) is 44.1 Å². The molecule has 0 unspecified atom stereocenters. The van der Waals surface area contributed by atoms with Gasteiger partial charge in [0.1, 0.15) is 17.1 Å². The van der Waals surface area contributed by atoms with E-state index in [0.29, 0.717) is 29.6 Å². The largest absolute Gasteiger partial charge is 0.543 e. The maximum absolute atomic E-state index is 13.3. The highest BCUT2D eigenvalue weighted by atomic mass is 32.2. The van der Waals surface area contributed by atoms with Crippen molar-refractivity contribution in [1.82, 2.24) is 9.97 Å². The van der Waals surface area contributed by atoms with E-state index in [1.165, 1.54) is 11.8 Å². The highest BCUT2D eigenvalue weighted by Crippen LogP contribution is 2.38. The van der Waals surface area contributed by atoms with Crippen molar-refractivity contribution >= 4 is 37.5 Å². The molecule has 1 amide bonds. The van der Waals surface area contributed by atoms with Crippen LogP contribution < -0.4 is 14.2 Å². The topological polar surface area (TPSA) is 58.6 Å². The molecule has 0 aliphatic carbocycles. The predicted octanol–water partition coefficient (Wildman–Crippen LogP) is 4.68. The van der Waals surface area contributed by atoms with Crippen molar-refractivity contribution in [3.05, 3.63) is 36.0 Å². The summed E-state index contributed by atoms with van der Waals surface area (Å²) in [5, 5.41) is 0.775. The molecule has 0 fully saturated rings. The average Bonchev–Trinajstić information content (AvgIpc) is 2.77. The lowest BCUT2D eigenvalue weighted by Gasteiger charge is -2.36. The quantitative estimate of drug-likeness (QED) is 0.399. The molecule has 2 aromatic rings. The second-order valence-corrected chi connectivity index (χ2v) is 14.3. The van der Waals surface area contributed by atoms with E-state index >= 15 is 0 Å². The van der Waals surface area contributed by atoms with Crippen LogP contribution in [0.2, 0.25) is 18.1 Å². The summed E-state index contributed by atoms with van der Waals surface area (Å²) in [7, 11) is 0.00369. The number of carbonyl (C=O) groups is 1. The Labute approximate surface area is 178 Å². The summed E-state index contributed by atoms with van der Waals surface area (Å²) in [6.45, 7) is 12.4. The van der Waals surface area contributed by atoms with Gasteiger partial charge >= 0.3 is 0 Å². The van der Waals surface area contributed by atoms with Gasteiger partial charge in [-0.2, -0.15) is 0 Å². The van der Waals surface area contributed by atoms with E-state index in [1.807, 2.05) is 42.5 Å². The fraction of sp³-hybridized carbons (Fsp3) is 0.476. The van der Waals surface area contributed by atoms with E-state index < -0.39 is 8.32 Å². The standard InChI is InChI=1S/C21H30N4O2SSi/c1-21(2,3)29(6,7)27-16-10-8-9-15(13-16)25-12-11-24(4)18-17(19(25)26)14-22-20(23-18)28-5/h8-10,13-14H,11-12H2,1-7H3. The van der Waals surface area contributed by atoms with Crippen molar-refractivity contribution in [3.63, 3.8) is 0 Å². The monoisotopic (exact) mass is 430 g/mol. The number of likely N-dealkylation sites (N-methyl/N-ethyl adjacent to an activating group) is 1. The Bertz CT molecular complexity index is 914. The van der Waals surface area contributed by atoms with E-state index in [0.717, 1.165) is 11.4 Å². The van der Waals surface area contributed by atoms with Gasteiger partial charge in [0.2, 0.25) is 8.32 Å². The second-order valence-electron chi connectivity index (χ2n) is 8.83. The molecule has 29 heavy (non-hydrogen) atoms. The normalized spacial score (nSPS) is 15.2. The molecular weight excluding hydrogens is 400 g/mol. The highest BCUT2D eigenvalue weighted by molar-refractivity contribution is 7.98. The Kier molecular flexibility index (Phi) is 5.96. The molecule has 8 heteroatoms. The van der Waals surface area contributed by atoms with Crippen molar-refractivity contribution < 1.29 is 9.22 Å². The number of fused-ring (bicyclic) bond motifs is 1. The molecule has 0 spiro atoms. The van der Waals surface area contributed by atoms with Crippen LogP contribution in [0.4, 0.5) is 11.5 Å². The molecule has 0 atom stereocenters. The first-order chi connectivity index (χ1) is 13.5. The van der Waals surface area contributed by atoms with Gasteiger partial charge in [0.25, 0.3) is 5.91 Å². The van der Waals surface area contributed by atoms with Crippen molar-refractivity contribution in [3.8, 4) is 5.75 Å². The van der Waals surface area contributed by atoms with E-state index in [1.54, 1.807) is 11.1 Å². The van der Waals surface area contributed by atoms with E-state index in [9.17, 15) is 4.79 Å². The first-order valence-corrected chi connectivity index (χ1v) is 13.9. The molecular formula is C21H30N4O2SSi. The number of anilines is 2. The lowest BCUT2D eigenvalue weighted by molar-refractivity contribution is 0.0989. The molecule has 1 aromatic carbocycles. The minimum Gasteiger partial charge on any atom is -0.543 e. The molecule has 0 radical (unpaired) electrons. The van der Waals surface area contributed by atoms with Gasteiger partial charge in [0.15, 0.2) is 5.16 Å². The molecule has 2 heterocycles. The van der Waals surface area contributed by atoms with Gasteiger partial charge in [0, 0.05) is 38.1 Å². The summed E-state index contributed by atoms with van der Waals surface area (Å²) < 4.78 is 6.45. The summed E-state index contributed by atoms with van der Waals surface area (Å²) in [4.78, 5) is 26.0. The Morgan fingerprint density at radius 1 is 1.21 bits per heavy atom. The predicted molar refractivity (Wildman–Crippen MR) is 123 cm³/mol. The molecule has 0 saturated heterocycles. The van der Waals surface area contributed by atoms with E-state index in [2.05, 4.69) is 43.8 Å². The Hall–Kier alpha value is -2.06. The third-order valence-electron chi connectivity index (χ3n) is 5.73. The van der Waals surface area contributed by atoms with E-state index in [4.69, 9.17) is 4.43 Å². The first-order valence-electron chi connectivity index (χ1n) is 9.76. The van der Waals surface area contributed by atoms with Crippen LogP contribution in [0.3, 0.4) is 0 Å². The molecule has 1 aliphatic rings. The maximum atomic E-state index is 13.3. The van der Waals surface area contributed by atoms with Gasteiger partial charge in [-0.3, -0.25) is 4.79 Å². The van der Waals surface area contributed by atoms with Crippen LogP contribution in [0.1, 0.15) is 31.1 Å². The minimum absolute atomic E-state index is 0.0820. The van der Waals surface area contributed by atoms with Crippen LogP contribution in [0.5, 0.6) is 5.75 Å². The number of benzene rings is 1. The lowest BCUT2D eigenvalue weighted by atomic mass is 10.2. The molecule has 0 saturated carbocycles. The van der Waals surface area contributed by atoms with Gasteiger partial charge in [-0.05, 0) is 36.5 Å². The first kappa shape index (κ1) is 21.6. The smallest absolute Gasteiger partial charge is 0.263 e. The Morgan fingerprint density at radius 2 is 1.93 bits per heavy atom. The van der Waals surface area contributed by atoms with Crippen molar-refractivity contribution in [2.75, 3.05) is 36.2 Å². The second kappa shape index (κ2) is 7.99. The molecule has 6 nitrogen and oxygen atoms in total. The van der Waals surface area contributed by atoms with Gasteiger partial charge in [-0.15, -0.1) is 0 Å². The van der Waals surface area contributed by atoms with Crippen LogP contribution in [0.25, 0.3) is 0 Å². The minimum atomic E-state index is -1.96. The molecule has 1 aromatic heterocycles. The van der Waals surface area contributed by atoms with Gasteiger partial charge in [-0.1, -0.05) is 38.6 Å². The SMILES string of the molecule is CSc1ncc2c(n1)N(C)CCN(c1cccc(O[Si](C)(C)C(C)(C)C)c1)C2=O. The number of hydrogen-bond donors (Lipinski definition) is 0. The summed E-state index contributed by atoms with van der Waals surface area (Å²) in [6, 6.07) is 7.85. The van der Waals surface area contributed by atoms with Crippen LogP contribution in [0, 0.1) is 0 Å². The number of carbonyl (C=O) groups excluding carboxylic acids is 1. The summed E-state index contributed by atoms with van der Waals surface area (Å²) in [6.07, 6.45) is 3.57. The van der Waals surface area contributed by atoms with E-state index in [-0.39, 0.29) is 10.9 Å². The summed E-state index contributed by atoms with van der Waals surface area (Å²) in [5.41, 5.74) is 1.36. The zero-order valence-electron chi connectivity index (χ0n) is 18.3. The third kappa shape index (κ3) is 4.43. The molecule has 3 rings (SSSR count). The number of hydrogen-bond acceptors (Lipinski definition) is 6. The number of rotatable bonds is 4. The third-order valence-corrected chi connectivity index (χ3v) is 10.7. The van der Waals surface area contributed by atoms with Gasteiger partial charge in [0.05, 0.1) is 0 Å². The Balaban J connectivity index is 1.94. The summed E-state index contributed by atoms with van der Waals surface area (Å²) in [5.74, 6) is 1.42. The van der Waals surface area contributed by atoms with Crippen LogP contribution in [-0.4, -0.2) is 50.6 Å². The molecule has 0 bridgehead atoms. The van der Waals surface area contributed by atoms with Crippen LogP contribution >= 0.6 is 11.8 Å².